The molecular formula is C37H55F3N10O3. The summed E-state index contributed by atoms with van der Waals surface area (Å²) in [6, 6.07) is 11.4. The second-order valence-corrected chi connectivity index (χ2v) is 13.0. The van der Waals surface area contributed by atoms with E-state index in [2.05, 4.69) is 20.1 Å². The molecule has 2 atom stereocenters. The molecule has 1 heterocycles. The van der Waals surface area contributed by atoms with E-state index in [1.807, 2.05) is 30.3 Å². The second-order valence-electron chi connectivity index (χ2n) is 13.0. The van der Waals surface area contributed by atoms with Crippen LogP contribution < -0.4 is 34.0 Å². The number of halogens is 3. The van der Waals surface area contributed by atoms with E-state index in [0.29, 0.717) is 89.7 Å². The molecule has 0 fully saturated rings. The predicted molar refractivity (Wildman–Crippen MR) is 200 cm³/mol. The van der Waals surface area contributed by atoms with Crippen molar-refractivity contribution in [1.29, 1.82) is 0 Å². The lowest BCUT2D eigenvalue weighted by Crippen LogP contribution is -2.50. The number of alkyl halides is 3. The summed E-state index contributed by atoms with van der Waals surface area (Å²) in [5.41, 5.74) is 30.3. The summed E-state index contributed by atoms with van der Waals surface area (Å²) in [5, 5.41) is 3.55. The minimum atomic E-state index is -4.52. The van der Waals surface area contributed by atoms with E-state index in [-0.39, 0.29) is 37.4 Å². The lowest BCUT2D eigenvalue weighted by atomic mass is 9.96. The Kier molecular flexibility index (Phi) is 18.2. The Morgan fingerprint density at radius 1 is 0.755 bits per heavy atom. The van der Waals surface area contributed by atoms with Crippen LogP contribution in [0.5, 0.6) is 0 Å². The van der Waals surface area contributed by atoms with Crippen LogP contribution in [0, 0.1) is 0 Å². The molecule has 11 N–H and O–H groups in total. The Hall–Kier alpha value is -4.03. The fourth-order valence-corrected chi connectivity index (χ4v) is 5.98. The average molecular weight is 745 g/mol. The number of hydrogen-bond donors (Lipinski definition) is 6. The number of rotatable bonds is 24. The summed E-state index contributed by atoms with van der Waals surface area (Å²) in [7, 11) is 0. The Morgan fingerprint density at radius 3 is 1.87 bits per heavy atom. The lowest BCUT2D eigenvalue weighted by Gasteiger charge is -2.30. The van der Waals surface area contributed by atoms with Crippen LogP contribution in [-0.4, -0.2) is 128 Å². The SMILES string of the molecule is NCCN(CCN)CCN(CCN(CCN)CCN)C(=O)CC[C@H](N)C(=O)N[C@@H](Cc1ccc(C(F)(F)F)cc1)C(=O)Cc1cnc2ccccc2c1. The summed E-state index contributed by atoms with van der Waals surface area (Å²) in [4.78, 5) is 50.9. The van der Waals surface area contributed by atoms with Crippen molar-refractivity contribution in [2.45, 2.75) is 43.9 Å². The first-order chi connectivity index (χ1) is 25.4. The van der Waals surface area contributed by atoms with Crippen molar-refractivity contribution >= 4 is 28.5 Å². The second kappa shape index (κ2) is 22.2. The number of nitrogens with one attached hydrogen (secondary N) is 1. The molecule has 0 radical (unpaired) electrons. The van der Waals surface area contributed by atoms with E-state index in [9.17, 15) is 27.6 Å². The number of carbonyl (C=O) groups is 3. The van der Waals surface area contributed by atoms with Gasteiger partial charge in [0.05, 0.1) is 23.2 Å². The van der Waals surface area contributed by atoms with Crippen LogP contribution in [0.1, 0.15) is 29.5 Å². The average Bonchev–Trinajstić information content (AvgIpc) is 3.13. The Labute approximate surface area is 309 Å². The molecule has 0 spiro atoms. The fraction of sp³-hybridized carbons (Fsp3) is 0.514. The number of aromatic nitrogens is 1. The third-order valence-corrected chi connectivity index (χ3v) is 8.96. The van der Waals surface area contributed by atoms with Gasteiger partial charge in [-0.05, 0) is 48.2 Å². The Balaban J connectivity index is 1.72. The van der Waals surface area contributed by atoms with Gasteiger partial charge in [0, 0.05) is 103 Å². The highest BCUT2D eigenvalue weighted by molar-refractivity contribution is 5.93. The van der Waals surface area contributed by atoms with Crippen molar-refractivity contribution in [2.75, 3.05) is 78.5 Å². The van der Waals surface area contributed by atoms with Gasteiger partial charge in [-0.2, -0.15) is 13.2 Å². The van der Waals surface area contributed by atoms with Crippen molar-refractivity contribution < 1.29 is 27.6 Å². The van der Waals surface area contributed by atoms with Crippen LogP contribution in [-0.2, 0) is 33.4 Å². The van der Waals surface area contributed by atoms with E-state index in [0.717, 1.165) is 23.0 Å². The Morgan fingerprint density at radius 2 is 1.32 bits per heavy atom. The number of nitrogens with two attached hydrogens (primary N) is 5. The van der Waals surface area contributed by atoms with Gasteiger partial charge in [0.25, 0.3) is 0 Å². The van der Waals surface area contributed by atoms with E-state index in [1.165, 1.54) is 12.1 Å². The maximum absolute atomic E-state index is 13.7. The highest BCUT2D eigenvalue weighted by Gasteiger charge is 2.31. The van der Waals surface area contributed by atoms with Gasteiger partial charge in [-0.25, -0.2) is 0 Å². The molecule has 0 saturated heterocycles. The van der Waals surface area contributed by atoms with Crippen molar-refractivity contribution in [1.82, 2.24) is 25.0 Å². The van der Waals surface area contributed by atoms with Crippen molar-refractivity contribution in [2.24, 2.45) is 28.7 Å². The highest BCUT2D eigenvalue weighted by Crippen LogP contribution is 2.29. The molecule has 1 aromatic heterocycles. The monoisotopic (exact) mass is 744 g/mol. The van der Waals surface area contributed by atoms with Gasteiger partial charge >= 0.3 is 6.18 Å². The molecule has 2 aromatic carbocycles. The molecule has 3 aromatic rings. The van der Waals surface area contributed by atoms with Gasteiger partial charge in [-0.3, -0.25) is 29.2 Å². The number of benzene rings is 2. The molecule has 292 valence electrons. The number of para-hydroxylation sites is 1. The summed E-state index contributed by atoms with van der Waals surface area (Å²) in [6.45, 7) is 6.21. The maximum Gasteiger partial charge on any atom is 0.416 e. The molecule has 0 aliphatic heterocycles. The van der Waals surface area contributed by atoms with Gasteiger partial charge in [0.1, 0.15) is 0 Å². The molecule has 13 nitrogen and oxygen atoms in total. The standard InChI is InChI=1S/C37H55F3N10O3/c38-37(39,40)30-7-5-27(6-8-30)24-33(34(51)25-28-23-29-3-1-2-4-32(29)46-26-28)47-36(53)31(45)9-10-35(52)50(21-19-48(15-11-41)16-12-42)22-20-49(17-13-43)18-14-44/h1-8,23,26,31,33H,9-22,24-25,41-45H2,(H,47,53)/t31-,33-/m0/s1. The van der Waals surface area contributed by atoms with Crippen LogP contribution in [0.15, 0.2) is 60.8 Å². The molecule has 53 heavy (non-hydrogen) atoms. The summed E-state index contributed by atoms with van der Waals surface area (Å²) < 4.78 is 39.6. The summed E-state index contributed by atoms with van der Waals surface area (Å²) in [5.74, 6) is -1.22. The highest BCUT2D eigenvalue weighted by atomic mass is 19.4. The molecule has 2 amide bonds. The van der Waals surface area contributed by atoms with Crippen LogP contribution >= 0.6 is 0 Å². The van der Waals surface area contributed by atoms with Gasteiger partial charge in [0.15, 0.2) is 5.78 Å². The number of nitrogens with zero attached hydrogens (tertiary/aromatic N) is 4. The van der Waals surface area contributed by atoms with Crippen LogP contribution in [0.25, 0.3) is 10.9 Å². The third kappa shape index (κ3) is 14.7. The third-order valence-electron chi connectivity index (χ3n) is 8.96. The van der Waals surface area contributed by atoms with Crippen molar-refractivity contribution in [3.8, 4) is 0 Å². The number of fused-ring (bicyclic) bond motifs is 1. The van der Waals surface area contributed by atoms with Gasteiger partial charge in [0.2, 0.25) is 11.8 Å². The molecule has 0 aliphatic carbocycles. The summed E-state index contributed by atoms with van der Waals surface area (Å²) >= 11 is 0. The minimum absolute atomic E-state index is 0.00157. The smallest absolute Gasteiger partial charge is 0.345 e. The first-order valence-corrected chi connectivity index (χ1v) is 18.0. The number of pyridine rings is 1. The predicted octanol–water partition coefficient (Wildman–Crippen LogP) is 0.468. The van der Waals surface area contributed by atoms with E-state index in [1.54, 1.807) is 11.1 Å². The quantitative estimate of drug-likeness (QED) is 0.0741. The van der Waals surface area contributed by atoms with Crippen molar-refractivity contribution in [3.05, 3.63) is 77.5 Å². The fourth-order valence-electron chi connectivity index (χ4n) is 5.98. The topological polar surface area (TPSA) is 216 Å². The molecule has 0 aliphatic rings. The molecule has 0 bridgehead atoms. The number of amides is 2. The lowest BCUT2D eigenvalue weighted by molar-refractivity contribution is -0.137. The zero-order valence-corrected chi connectivity index (χ0v) is 30.3. The number of hydrogen-bond acceptors (Lipinski definition) is 11. The zero-order chi connectivity index (χ0) is 38.8. The normalized spacial score (nSPS) is 13.0. The largest absolute Gasteiger partial charge is 0.416 e. The maximum atomic E-state index is 13.7. The molecule has 3 rings (SSSR count). The summed E-state index contributed by atoms with van der Waals surface area (Å²) in [6.07, 6.45) is -3.11. The molecule has 16 heteroatoms. The number of ketones is 1. The van der Waals surface area contributed by atoms with E-state index in [4.69, 9.17) is 28.7 Å². The van der Waals surface area contributed by atoms with Gasteiger partial charge < -0.3 is 38.9 Å². The first-order valence-electron chi connectivity index (χ1n) is 18.0. The molecule has 0 unspecified atom stereocenters. The molecular weight excluding hydrogens is 689 g/mol. The van der Waals surface area contributed by atoms with E-state index >= 15 is 0 Å². The molecule has 0 saturated carbocycles. The van der Waals surface area contributed by atoms with Gasteiger partial charge in [-0.1, -0.05) is 30.3 Å². The van der Waals surface area contributed by atoms with Crippen LogP contribution in [0.2, 0.25) is 0 Å². The van der Waals surface area contributed by atoms with Crippen LogP contribution in [0.4, 0.5) is 13.2 Å². The zero-order valence-electron chi connectivity index (χ0n) is 30.3. The Bertz CT molecular complexity index is 1550. The van der Waals surface area contributed by atoms with Gasteiger partial charge in [-0.15, -0.1) is 0 Å². The minimum Gasteiger partial charge on any atom is -0.345 e. The number of Topliss-reactive ketones (excluding diaryl/α,β-unsaturated/α-hetero) is 1. The van der Waals surface area contributed by atoms with E-state index < -0.39 is 29.7 Å². The number of carbonyl (C=O) groups excluding carboxylic acids is 3. The first kappa shape index (κ1) is 43.4. The van der Waals surface area contributed by atoms with Crippen molar-refractivity contribution in [3.63, 3.8) is 0 Å². The van der Waals surface area contributed by atoms with Crippen LogP contribution in [0.3, 0.4) is 0 Å².